The van der Waals surface area contributed by atoms with Gasteiger partial charge in [0.2, 0.25) is 0 Å². The summed E-state index contributed by atoms with van der Waals surface area (Å²) in [5.74, 6) is -1.42. The van der Waals surface area contributed by atoms with Crippen LogP contribution in [-0.4, -0.2) is 33.9 Å². The van der Waals surface area contributed by atoms with Gasteiger partial charge in [0.15, 0.2) is 5.78 Å². The Kier molecular flexibility index (Phi) is 10.7. The molecule has 6 nitrogen and oxygen atoms in total. The lowest BCUT2D eigenvalue weighted by Gasteiger charge is -2.22. The smallest absolute Gasteiger partial charge is 0.305 e. The van der Waals surface area contributed by atoms with Gasteiger partial charge in [-0.05, 0) is 75.6 Å². The minimum absolute atomic E-state index is 0.0278. The van der Waals surface area contributed by atoms with E-state index in [1.807, 2.05) is 55.5 Å². The Morgan fingerprint density at radius 3 is 2.46 bits per heavy atom. The van der Waals surface area contributed by atoms with Crippen LogP contribution in [0.1, 0.15) is 79.4 Å². The summed E-state index contributed by atoms with van der Waals surface area (Å²) in [4.78, 5) is 37.1. The zero-order valence-electron chi connectivity index (χ0n) is 23.0. The molecule has 2 unspecified atom stereocenters. The number of aliphatic carboxylic acids is 1. The van der Waals surface area contributed by atoms with Gasteiger partial charge in [-0.25, -0.2) is 0 Å². The number of halogens is 1. The zero-order valence-corrected chi connectivity index (χ0v) is 23.8. The molecule has 2 atom stereocenters. The minimum Gasteiger partial charge on any atom is -0.481 e. The molecule has 1 aromatic heterocycles. The van der Waals surface area contributed by atoms with Crippen molar-refractivity contribution in [1.29, 1.82) is 0 Å². The number of carbonyl (C=O) groups excluding carboxylic acids is 2. The number of hydrogen-bond acceptors (Lipinski definition) is 3. The van der Waals surface area contributed by atoms with E-state index in [1.165, 1.54) is 0 Å². The summed E-state index contributed by atoms with van der Waals surface area (Å²) in [5.41, 5.74) is 4.19. The third-order valence-corrected chi connectivity index (χ3v) is 7.22. The topological polar surface area (TPSA) is 88.4 Å². The van der Waals surface area contributed by atoms with Gasteiger partial charge in [-0.2, -0.15) is 0 Å². The van der Waals surface area contributed by atoms with Crippen LogP contribution in [0, 0.1) is 5.92 Å². The second kappa shape index (κ2) is 13.9. The monoisotopic (exact) mass is 548 g/mol. The minimum atomic E-state index is -0.960. The van der Waals surface area contributed by atoms with Gasteiger partial charge in [-0.1, -0.05) is 60.9 Å². The molecule has 1 amide bonds. The van der Waals surface area contributed by atoms with Gasteiger partial charge < -0.3 is 15.0 Å². The number of fused-ring (bicyclic) bond motifs is 1. The van der Waals surface area contributed by atoms with Crippen molar-refractivity contribution < 1.29 is 19.5 Å². The summed E-state index contributed by atoms with van der Waals surface area (Å²) in [5, 5.41) is 12.9. The van der Waals surface area contributed by atoms with E-state index in [-0.39, 0.29) is 36.6 Å². The van der Waals surface area contributed by atoms with Crippen LogP contribution in [0.3, 0.4) is 0 Å². The van der Waals surface area contributed by atoms with Crippen LogP contribution in [0.15, 0.2) is 72.3 Å². The van der Waals surface area contributed by atoms with E-state index < -0.39 is 5.97 Å². The number of allylic oxidation sites excluding steroid dienone is 4. The number of carbonyl (C=O) groups is 3. The zero-order chi connectivity index (χ0) is 28.5. The number of benzene rings is 2. The molecular formula is C32H37ClN2O4. The lowest BCUT2D eigenvalue weighted by molar-refractivity contribution is -0.136. The maximum absolute atomic E-state index is 14.1. The van der Waals surface area contributed by atoms with Crippen molar-refractivity contribution in [3.8, 4) is 0 Å². The molecule has 3 rings (SSSR count). The van der Waals surface area contributed by atoms with Crippen molar-refractivity contribution >= 4 is 40.2 Å². The van der Waals surface area contributed by atoms with E-state index >= 15 is 0 Å². The summed E-state index contributed by atoms with van der Waals surface area (Å²) in [7, 11) is 0. The molecule has 0 radical (unpaired) electrons. The van der Waals surface area contributed by atoms with Crippen molar-refractivity contribution in [2.75, 3.05) is 6.54 Å². The number of Topliss-reactive ketones (excluding diaryl/α,β-unsaturated/α-hetero) is 1. The standard InChI is InChI=1S/C32H37ClN2O4/c1-5-7-9-21(3)22(4)35-28-15-14-27(33)19-26(28)20-29(35)31(38)25(8-6-2)18-23-10-12-24(13-11-23)32(39)34-17-16-30(36)37/h5,7,9-15,19-20,22,25H,6,8,16-18H2,1-4H3,(H,34,39)(H,36,37)/b7-5-,21-9+. The van der Waals surface area contributed by atoms with Crippen LogP contribution in [0.25, 0.3) is 10.9 Å². The Bertz CT molecular complexity index is 1390. The summed E-state index contributed by atoms with van der Waals surface area (Å²) < 4.78 is 2.12. The average Bonchev–Trinajstić information content (AvgIpc) is 3.29. The molecule has 0 saturated heterocycles. The maximum atomic E-state index is 14.1. The molecule has 0 aliphatic carbocycles. The van der Waals surface area contributed by atoms with Gasteiger partial charge in [-0.3, -0.25) is 14.4 Å². The molecule has 0 spiro atoms. The number of rotatable bonds is 13. The van der Waals surface area contributed by atoms with Gasteiger partial charge in [0.25, 0.3) is 5.91 Å². The molecule has 7 heteroatoms. The van der Waals surface area contributed by atoms with Crippen LogP contribution in [0.5, 0.6) is 0 Å². The highest BCUT2D eigenvalue weighted by molar-refractivity contribution is 6.31. The van der Waals surface area contributed by atoms with Gasteiger partial charge in [-0.15, -0.1) is 0 Å². The number of aromatic nitrogens is 1. The predicted molar refractivity (Wildman–Crippen MR) is 158 cm³/mol. The summed E-state index contributed by atoms with van der Waals surface area (Å²) in [6, 6.07) is 14.8. The largest absolute Gasteiger partial charge is 0.481 e. The van der Waals surface area contributed by atoms with E-state index in [0.717, 1.165) is 34.9 Å². The number of ketones is 1. The van der Waals surface area contributed by atoms with Crippen LogP contribution < -0.4 is 5.32 Å². The van der Waals surface area contributed by atoms with E-state index in [1.54, 1.807) is 12.1 Å². The number of hydrogen-bond donors (Lipinski definition) is 2. The van der Waals surface area contributed by atoms with Gasteiger partial charge >= 0.3 is 5.97 Å². The highest BCUT2D eigenvalue weighted by Crippen LogP contribution is 2.32. The molecular weight excluding hydrogens is 512 g/mol. The van der Waals surface area contributed by atoms with Gasteiger partial charge in [0.05, 0.1) is 18.2 Å². The predicted octanol–water partition coefficient (Wildman–Crippen LogP) is 7.42. The molecule has 3 aromatic rings. The third kappa shape index (κ3) is 7.70. The van der Waals surface area contributed by atoms with Crippen LogP contribution >= 0.6 is 11.6 Å². The Hall–Kier alpha value is -3.64. The Morgan fingerprint density at radius 1 is 1.10 bits per heavy atom. The summed E-state index contributed by atoms with van der Waals surface area (Å²) in [6.07, 6.45) is 8.09. The average molecular weight is 549 g/mol. The quantitative estimate of drug-likeness (QED) is 0.172. The normalized spacial score (nSPS) is 13.5. The SMILES string of the molecule is C/C=C\C=C(/C)C(C)n1c(C(=O)C(CCC)Cc2ccc(C(=O)NCCC(=O)O)cc2)cc2cc(Cl)ccc21. The molecule has 206 valence electrons. The second-order valence-electron chi connectivity index (χ2n) is 9.87. The van der Waals surface area contributed by atoms with E-state index in [0.29, 0.717) is 22.7 Å². The van der Waals surface area contributed by atoms with Crippen LogP contribution in [0.4, 0.5) is 0 Å². The molecule has 0 saturated carbocycles. The lowest BCUT2D eigenvalue weighted by atomic mass is 9.89. The molecule has 39 heavy (non-hydrogen) atoms. The second-order valence-corrected chi connectivity index (χ2v) is 10.3. The molecule has 0 aliphatic heterocycles. The maximum Gasteiger partial charge on any atom is 0.305 e. The van der Waals surface area contributed by atoms with Crippen molar-refractivity contribution in [2.24, 2.45) is 5.92 Å². The van der Waals surface area contributed by atoms with Gasteiger partial charge in [0.1, 0.15) is 0 Å². The first-order valence-corrected chi connectivity index (χ1v) is 13.8. The number of nitrogens with zero attached hydrogens (tertiary/aromatic N) is 1. The van der Waals surface area contributed by atoms with Gasteiger partial charge in [0, 0.05) is 34.0 Å². The Labute approximate surface area is 235 Å². The molecule has 2 N–H and O–H groups in total. The van der Waals surface area contributed by atoms with Crippen molar-refractivity contribution in [1.82, 2.24) is 9.88 Å². The van der Waals surface area contributed by atoms with Crippen molar-refractivity contribution in [3.63, 3.8) is 0 Å². The Morgan fingerprint density at radius 2 is 1.82 bits per heavy atom. The molecule has 0 fully saturated rings. The first kappa shape index (κ1) is 29.9. The molecule has 1 heterocycles. The summed E-state index contributed by atoms with van der Waals surface area (Å²) in [6.45, 7) is 8.31. The number of amides is 1. The van der Waals surface area contributed by atoms with E-state index in [9.17, 15) is 14.4 Å². The van der Waals surface area contributed by atoms with Crippen LogP contribution in [-0.2, 0) is 11.2 Å². The van der Waals surface area contributed by atoms with Crippen molar-refractivity contribution in [2.45, 2.75) is 59.4 Å². The number of nitrogens with one attached hydrogen (secondary N) is 1. The van der Waals surface area contributed by atoms with E-state index in [4.69, 9.17) is 16.7 Å². The highest BCUT2D eigenvalue weighted by Gasteiger charge is 2.26. The third-order valence-electron chi connectivity index (χ3n) is 6.98. The molecule has 2 aromatic carbocycles. The fraction of sp³-hybridized carbons (Fsp3) is 0.344. The first-order valence-electron chi connectivity index (χ1n) is 13.4. The number of carboxylic acid groups (broad SMARTS) is 1. The van der Waals surface area contributed by atoms with Crippen LogP contribution in [0.2, 0.25) is 5.02 Å². The Balaban J connectivity index is 1.90. The molecule has 0 bridgehead atoms. The summed E-state index contributed by atoms with van der Waals surface area (Å²) >= 11 is 6.30. The van der Waals surface area contributed by atoms with Crippen molar-refractivity contribution in [3.05, 3.63) is 94.2 Å². The number of carboxylic acids is 1. The fourth-order valence-electron chi connectivity index (χ4n) is 4.75. The lowest BCUT2D eigenvalue weighted by Crippen LogP contribution is -2.26. The molecule has 0 aliphatic rings. The highest BCUT2D eigenvalue weighted by atomic mass is 35.5. The van der Waals surface area contributed by atoms with E-state index in [2.05, 4.69) is 36.7 Å². The first-order chi connectivity index (χ1) is 18.7. The fourth-order valence-corrected chi connectivity index (χ4v) is 4.93.